The Labute approximate surface area is 106 Å². The van der Waals surface area contributed by atoms with Crippen molar-refractivity contribution in [3.05, 3.63) is 0 Å². The summed E-state index contributed by atoms with van der Waals surface area (Å²) in [6, 6.07) is 2.53. The van der Waals surface area contributed by atoms with Crippen molar-refractivity contribution in [2.45, 2.75) is 56.7 Å². The van der Waals surface area contributed by atoms with Crippen molar-refractivity contribution in [2.24, 2.45) is 0 Å². The van der Waals surface area contributed by atoms with E-state index in [2.05, 4.69) is 22.2 Å². The summed E-state index contributed by atoms with van der Waals surface area (Å²) < 4.78 is 0. The van der Waals surface area contributed by atoms with Gasteiger partial charge in [-0.2, -0.15) is 0 Å². The minimum atomic E-state index is 0.780. The van der Waals surface area contributed by atoms with Crippen LogP contribution in [0.5, 0.6) is 0 Å². The molecule has 2 saturated heterocycles. The first-order valence-corrected chi connectivity index (χ1v) is 7.52. The molecule has 3 aliphatic rings. The van der Waals surface area contributed by atoms with Gasteiger partial charge in [0.2, 0.25) is 0 Å². The number of rotatable bonds is 2. The molecule has 0 bridgehead atoms. The van der Waals surface area contributed by atoms with Crippen LogP contribution in [-0.2, 0) is 0 Å². The van der Waals surface area contributed by atoms with Crippen LogP contribution in [0.2, 0.25) is 0 Å². The fraction of sp³-hybridized carbons (Fsp3) is 1.00. The molecule has 2 aliphatic heterocycles. The van der Waals surface area contributed by atoms with Crippen molar-refractivity contribution in [3.8, 4) is 0 Å². The molecule has 0 aromatic rings. The Bertz CT molecular complexity index is 256. The third-order valence-electron chi connectivity index (χ3n) is 5.16. The summed E-state index contributed by atoms with van der Waals surface area (Å²) in [7, 11) is 2.12. The molecule has 1 aliphatic carbocycles. The average molecular weight is 237 g/mol. The number of fused-ring (bicyclic) bond motifs is 1. The molecule has 1 N–H and O–H groups in total. The summed E-state index contributed by atoms with van der Waals surface area (Å²) in [6.45, 7) is 5.40. The monoisotopic (exact) mass is 237 g/mol. The molecule has 0 aromatic carbocycles. The van der Waals surface area contributed by atoms with Gasteiger partial charge >= 0.3 is 0 Å². The summed E-state index contributed by atoms with van der Waals surface area (Å²) in [4.78, 5) is 5.55. The summed E-state index contributed by atoms with van der Waals surface area (Å²) >= 11 is 0. The van der Waals surface area contributed by atoms with Crippen molar-refractivity contribution < 1.29 is 0 Å². The summed E-state index contributed by atoms with van der Waals surface area (Å²) in [5, 5.41) is 3.46. The van der Waals surface area contributed by atoms with E-state index < -0.39 is 0 Å². The quantitative estimate of drug-likeness (QED) is 0.781. The highest BCUT2D eigenvalue weighted by molar-refractivity contribution is 4.91. The Hall–Kier alpha value is -0.120. The largest absolute Gasteiger partial charge is 0.317 e. The summed E-state index contributed by atoms with van der Waals surface area (Å²) in [5.74, 6) is 0. The van der Waals surface area contributed by atoms with E-state index in [0.29, 0.717) is 0 Å². The van der Waals surface area contributed by atoms with E-state index in [-0.39, 0.29) is 0 Å². The second-order valence-corrected chi connectivity index (χ2v) is 6.13. The van der Waals surface area contributed by atoms with Crippen LogP contribution < -0.4 is 5.32 Å². The van der Waals surface area contributed by atoms with Crippen LogP contribution in [-0.4, -0.2) is 61.2 Å². The maximum atomic E-state index is 3.46. The van der Waals surface area contributed by atoms with Gasteiger partial charge in [-0.05, 0) is 65.2 Å². The van der Waals surface area contributed by atoms with Gasteiger partial charge in [-0.15, -0.1) is 0 Å². The van der Waals surface area contributed by atoms with Gasteiger partial charge < -0.3 is 5.32 Å². The molecule has 0 spiro atoms. The lowest BCUT2D eigenvalue weighted by molar-refractivity contribution is 0.172. The second-order valence-electron chi connectivity index (χ2n) is 6.13. The Morgan fingerprint density at radius 2 is 1.71 bits per heavy atom. The molecule has 98 valence electrons. The molecule has 3 unspecified atom stereocenters. The maximum Gasteiger partial charge on any atom is 0.0223 e. The van der Waals surface area contributed by atoms with Gasteiger partial charge in [0.25, 0.3) is 0 Å². The highest BCUT2D eigenvalue weighted by Crippen LogP contribution is 2.28. The third-order valence-corrected chi connectivity index (χ3v) is 5.16. The number of nitrogens with zero attached hydrogens (tertiary/aromatic N) is 2. The van der Waals surface area contributed by atoms with Crippen LogP contribution in [0.25, 0.3) is 0 Å². The lowest BCUT2D eigenvalue weighted by atomic mass is 10.1. The first-order valence-electron chi connectivity index (χ1n) is 7.52. The summed E-state index contributed by atoms with van der Waals surface area (Å²) in [6.07, 6.45) is 8.44. The van der Waals surface area contributed by atoms with Crippen molar-refractivity contribution in [1.82, 2.24) is 15.1 Å². The minimum absolute atomic E-state index is 0.780. The molecule has 0 aromatic heterocycles. The summed E-state index contributed by atoms with van der Waals surface area (Å²) in [5.41, 5.74) is 0. The normalized spacial score (nSPS) is 40.4. The first kappa shape index (κ1) is 11.9. The van der Waals surface area contributed by atoms with Crippen LogP contribution in [0.1, 0.15) is 38.5 Å². The highest BCUT2D eigenvalue weighted by Gasteiger charge is 2.34. The fourth-order valence-electron chi connectivity index (χ4n) is 4.12. The third kappa shape index (κ3) is 2.51. The van der Waals surface area contributed by atoms with Gasteiger partial charge in [0.1, 0.15) is 0 Å². The standard InChI is InChI=1S/C14H27N3/c1-15-12-5-6-13(10-12)17-9-3-8-16-7-2-4-14(16)11-17/h12-15H,2-11H2,1H3. The van der Waals surface area contributed by atoms with Crippen LogP contribution in [0.3, 0.4) is 0 Å². The Balaban J connectivity index is 1.59. The lowest BCUT2D eigenvalue weighted by Gasteiger charge is -2.30. The van der Waals surface area contributed by atoms with Crippen molar-refractivity contribution in [1.29, 1.82) is 0 Å². The zero-order valence-electron chi connectivity index (χ0n) is 11.2. The van der Waals surface area contributed by atoms with E-state index in [1.54, 1.807) is 0 Å². The second kappa shape index (κ2) is 5.25. The smallest absolute Gasteiger partial charge is 0.0223 e. The Morgan fingerprint density at radius 1 is 0.882 bits per heavy atom. The van der Waals surface area contributed by atoms with Crippen LogP contribution in [0.15, 0.2) is 0 Å². The molecule has 3 atom stereocenters. The Kier molecular flexibility index (Phi) is 3.69. The zero-order chi connectivity index (χ0) is 11.7. The first-order chi connectivity index (χ1) is 8.36. The van der Waals surface area contributed by atoms with Gasteiger partial charge in [0.15, 0.2) is 0 Å². The number of nitrogens with one attached hydrogen (secondary N) is 1. The van der Waals surface area contributed by atoms with E-state index in [0.717, 1.165) is 18.1 Å². The average Bonchev–Trinajstić information content (AvgIpc) is 2.94. The van der Waals surface area contributed by atoms with Gasteiger partial charge in [-0.3, -0.25) is 9.80 Å². The Morgan fingerprint density at radius 3 is 2.53 bits per heavy atom. The van der Waals surface area contributed by atoms with Crippen molar-refractivity contribution >= 4 is 0 Å². The van der Waals surface area contributed by atoms with E-state index in [4.69, 9.17) is 0 Å². The molecular formula is C14H27N3. The molecule has 1 saturated carbocycles. The number of hydrogen-bond acceptors (Lipinski definition) is 3. The molecule has 3 rings (SSSR count). The highest BCUT2D eigenvalue weighted by atomic mass is 15.3. The van der Waals surface area contributed by atoms with E-state index in [9.17, 15) is 0 Å². The molecule has 0 amide bonds. The molecule has 2 heterocycles. The van der Waals surface area contributed by atoms with Crippen LogP contribution in [0, 0.1) is 0 Å². The maximum absolute atomic E-state index is 3.46. The lowest BCUT2D eigenvalue weighted by Crippen LogP contribution is -2.41. The molecule has 3 heteroatoms. The van der Waals surface area contributed by atoms with E-state index >= 15 is 0 Å². The molecule has 3 fully saturated rings. The fourth-order valence-corrected chi connectivity index (χ4v) is 4.12. The predicted octanol–water partition coefficient (Wildman–Crippen LogP) is 1.30. The van der Waals surface area contributed by atoms with Gasteiger partial charge in [-0.25, -0.2) is 0 Å². The van der Waals surface area contributed by atoms with Gasteiger partial charge in [-0.1, -0.05) is 0 Å². The molecule has 0 radical (unpaired) electrons. The predicted molar refractivity (Wildman–Crippen MR) is 71.3 cm³/mol. The topological polar surface area (TPSA) is 18.5 Å². The molecule has 17 heavy (non-hydrogen) atoms. The van der Waals surface area contributed by atoms with Crippen LogP contribution in [0.4, 0.5) is 0 Å². The van der Waals surface area contributed by atoms with E-state index in [1.807, 2.05) is 0 Å². The SMILES string of the molecule is CNC1CCC(N2CCCN3CCCC3C2)C1. The molecular weight excluding hydrogens is 210 g/mol. The van der Waals surface area contributed by atoms with E-state index in [1.165, 1.54) is 64.7 Å². The molecule has 3 nitrogen and oxygen atoms in total. The van der Waals surface area contributed by atoms with Gasteiger partial charge in [0, 0.05) is 24.7 Å². The van der Waals surface area contributed by atoms with Crippen molar-refractivity contribution in [3.63, 3.8) is 0 Å². The van der Waals surface area contributed by atoms with Gasteiger partial charge in [0.05, 0.1) is 0 Å². The van der Waals surface area contributed by atoms with Crippen molar-refractivity contribution in [2.75, 3.05) is 33.2 Å². The van der Waals surface area contributed by atoms with Crippen LogP contribution >= 0.6 is 0 Å². The number of hydrogen-bond donors (Lipinski definition) is 1. The minimum Gasteiger partial charge on any atom is -0.317 e. The zero-order valence-corrected chi connectivity index (χ0v) is 11.2.